The molecule has 7 heteroatoms. The molecule has 0 atom stereocenters. The molecule has 2 N–H and O–H groups in total. The minimum absolute atomic E-state index is 0.0665. The van der Waals surface area contributed by atoms with Crippen LogP contribution in [-0.4, -0.2) is 28.1 Å². The Hall–Kier alpha value is -2.28. The van der Waals surface area contributed by atoms with Gasteiger partial charge in [0, 0.05) is 30.6 Å². The minimum atomic E-state index is -0.636. The van der Waals surface area contributed by atoms with Gasteiger partial charge in [0.15, 0.2) is 0 Å². The summed E-state index contributed by atoms with van der Waals surface area (Å²) in [5.41, 5.74) is 3.47. The predicted octanol–water partition coefficient (Wildman–Crippen LogP) is 3.15. The Kier molecular flexibility index (Phi) is 5.43. The third-order valence-corrected chi connectivity index (χ3v) is 4.53. The molecule has 0 aliphatic carbocycles. The second-order valence-electron chi connectivity index (χ2n) is 6.38. The highest BCUT2D eigenvalue weighted by molar-refractivity contribution is 5.33. The van der Waals surface area contributed by atoms with Crippen LogP contribution in [0.25, 0.3) is 0 Å². The smallest absolute Gasteiger partial charge is 0.255 e. The molecule has 5 nitrogen and oxygen atoms in total. The van der Waals surface area contributed by atoms with Gasteiger partial charge < -0.3 is 0 Å². The van der Waals surface area contributed by atoms with Crippen LogP contribution in [0.1, 0.15) is 42.5 Å². The van der Waals surface area contributed by atoms with E-state index in [1.807, 2.05) is 5.01 Å². The molecule has 0 radical (unpaired) electrons. The number of nitrogens with zero attached hydrogens (tertiary/aromatic N) is 2. The molecular formula is C18H22F2N4O. The molecule has 0 amide bonds. The number of H-pyrrole nitrogens is 1. The lowest BCUT2D eigenvalue weighted by molar-refractivity contribution is 0.340. The molecular weight excluding hydrogens is 326 g/mol. The summed E-state index contributed by atoms with van der Waals surface area (Å²) in [7, 11) is 0. The van der Waals surface area contributed by atoms with E-state index in [4.69, 9.17) is 0 Å². The summed E-state index contributed by atoms with van der Waals surface area (Å²) in [6.45, 7) is 3.35. The Morgan fingerprint density at radius 3 is 2.44 bits per heavy atom. The summed E-state index contributed by atoms with van der Waals surface area (Å²) in [6, 6.07) is 3.73. The van der Waals surface area contributed by atoms with Gasteiger partial charge in [0.05, 0.1) is 5.69 Å². The van der Waals surface area contributed by atoms with Crippen molar-refractivity contribution in [3.63, 3.8) is 0 Å². The monoisotopic (exact) mass is 348 g/mol. The number of nitrogens with one attached hydrogen (secondary N) is 2. The fourth-order valence-electron chi connectivity index (χ4n) is 3.01. The average Bonchev–Trinajstić information content (AvgIpc) is 2.84. The van der Waals surface area contributed by atoms with E-state index in [1.54, 1.807) is 6.92 Å². The number of aromatic nitrogens is 2. The van der Waals surface area contributed by atoms with Crippen LogP contribution in [-0.2, 0) is 6.42 Å². The number of hydrogen-bond donors (Lipinski definition) is 2. The third-order valence-electron chi connectivity index (χ3n) is 4.53. The molecule has 1 saturated heterocycles. The van der Waals surface area contributed by atoms with Gasteiger partial charge in [-0.15, -0.1) is 0 Å². The highest BCUT2D eigenvalue weighted by Gasteiger charge is 2.16. The molecule has 1 aromatic carbocycles. The minimum Gasteiger partial charge on any atom is -0.291 e. The quantitative estimate of drug-likeness (QED) is 0.891. The first-order valence-corrected chi connectivity index (χ1v) is 8.59. The number of halogens is 2. The van der Waals surface area contributed by atoms with Crippen molar-refractivity contribution in [2.45, 2.75) is 39.0 Å². The number of aromatic amines is 1. The van der Waals surface area contributed by atoms with E-state index < -0.39 is 11.6 Å². The van der Waals surface area contributed by atoms with E-state index >= 15 is 0 Å². The van der Waals surface area contributed by atoms with Crippen molar-refractivity contribution >= 4 is 5.95 Å². The molecule has 25 heavy (non-hydrogen) atoms. The lowest BCUT2D eigenvalue weighted by Crippen LogP contribution is -2.33. The maximum absolute atomic E-state index is 13.9. The van der Waals surface area contributed by atoms with Crippen LogP contribution >= 0.6 is 0 Å². The van der Waals surface area contributed by atoms with Crippen LogP contribution in [0.4, 0.5) is 14.7 Å². The SMILES string of the molecule is Cc1c(Cc2c(F)cccc2F)nc(NN2CCCCCC2)[nH]c1=O. The molecule has 3 rings (SSSR count). The van der Waals surface area contributed by atoms with Crippen LogP contribution in [0.5, 0.6) is 0 Å². The number of rotatable bonds is 4. The third kappa shape index (κ3) is 4.22. The second-order valence-corrected chi connectivity index (χ2v) is 6.38. The lowest BCUT2D eigenvalue weighted by atomic mass is 10.1. The number of hydrazine groups is 1. The zero-order valence-electron chi connectivity index (χ0n) is 14.2. The summed E-state index contributed by atoms with van der Waals surface area (Å²) in [6.07, 6.45) is 4.47. The molecule has 0 spiro atoms. The van der Waals surface area contributed by atoms with Gasteiger partial charge in [-0.25, -0.2) is 18.8 Å². The van der Waals surface area contributed by atoms with Gasteiger partial charge in [-0.05, 0) is 31.9 Å². The van der Waals surface area contributed by atoms with Gasteiger partial charge in [0.2, 0.25) is 5.95 Å². The number of benzene rings is 1. The molecule has 0 bridgehead atoms. The van der Waals surface area contributed by atoms with Gasteiger partial charge in [-0.2, -0.15) is 0 Å². The van der Waals surface area contributed by atoms with Crippen molar-refractivity contribution in [2.24, 2.45) is 0 Å². The number of anilines is 1. The highest BCUT2D eigenvalue weighted by Crippen LogP contribution is 2.18. The first-order valence-electron chi connectivity index (χ1n) is 8.59. The molecule has 1 aliphatic heterocycles. The van der Waals surface area contributed by atoms with Crippen molar-refractivity contribution in [2.75, 3.05) is 18.5 Å². The van der Waals surface area contributed by atoms with E-state index in [0.717, 1.165) is 25.9 Å². The van der Waals surface area contributed by atoms with E-state index in [2.05, 4.69) is 15.4 Å². The van der Waals surface area contributed by atoms with Gasteiger partial charge >= 0.3 is 0 Å². The van der Waals surface area contributed by atoms with Crippen LogP contribution in [0.2, 0.25) is 0 Å². The molecule has 134 valence electrons. The lowest BCUT2D eigenvalue weighted by Gasteiger charge is -2.21. The normalized spacial score (nSPS) is 15.8. The van der Waals surface area contributed by atoms with Gasteiger partial charge in [0.25, 0.3) is 5.56 Å². The maximum atomic E-state index is 13.9. The molecule has 0 unspecified atom stereocenters. The van der Waals surface area contributed by atoms with Crippen LogP contribution in [0.3, 0.4) is 0 Å². The molecule has 1 fully saturated rings. The maximum Gasteiger partial charge on any atom is 0.255 e. The Labute approximate surface area is 145 Å². The molecule has 2 aromatic rings. The first kappa shape index (κ1) is 17.5. The molecule has 1 aromatic heterocycles. The van der Waals surface area contributed by atoms with Gasteiger partial charge in [-0.1, -0.05) is 18.9 Å². The zero-order chi connectivity index (χ0) is 17.8. The molecule has 0 saturated carbocycles. The van der Waals surface area contributed by atoms with Crippen LogP contribution in [0.15, 0.2) is 23.0 Å². The van der Waals surface area contributed by atoms with Crippen LogP contribution < -0.4 is 11.0 Å². The van der Waals surface area contributed by atoms with Gasteiger partial charge in [0.1, 0.15) is 11.6 Å². The highest BCUT2D eigenvalue weighted by atomic mass is 19.1. The summed E-state index contributed by atoms with van der Waals surface area (Å²) in [5, 5.41) is 2.02. The standard InChI is InChI=1S/C18H22F2N4O/c1-12-16(11-13-14(19)7-6-8-15(13)20)21-18(22-17(12)25)23-24-9-4-2-3-5-10-24/h6-8H,2-5,9-11H2,1H3,(H2,21,22,23,25). The molecule has 2 heterocycles. The Balaban J connectivity index is 1.86. The number of hydrogen-bond acceptors (Lipinski definition) is 4. The van der Waals surface area contributed by atoms with Crippen molar-refractivity contribution in [1.29, 1.82) is 0 Å². The summed E-state index contributed by atoms with van der Waals surface area (Å²) in [4.78, 5) is 19.3. The topological polar surface area (TPSA) is 61.0 Å². The summed E-state index contributed by atoms with van der Waals surface area (Å²) in [5.74, 6) is -0.962. The van der Waals surface area contributed by atoms with E-state index in [0.29, 0.717) is 17.2 Å². The predicted molar refractivity (Wildman–Crippen MR) is 92.4 cm³/mol. The zero-order valence-corrected chi connectivity index (χ0v) is 14.2. The van der Waals surface area contributed by atoms with Crippen molar-refractivity contribution in [3.05, 3.63) is 57.0 Å². The Morgan fingerprint density at radius 2 is 1.80 bits per heavy atom. The van der Waals surface area contributed by atoms with E-state index in [9.17, 15) is 13.6 Å². The summed E-state index contributed by atoms with van der Waals surface area (Å²) >= 11 is 0. The van der Waals surface area contributed by atoms with E-state index in [-0.39, 0.29) is 17.5 Å². The fourth-order valence-corrected chi connectivity index (χ4v) is 3.01. The van der Waals surface area contributed by atoms with E-state index in [1.165, 1.54) is 31.0 Å². The average molecular weight is 348 g/mol. The largest absolute Gasteiger partial charge is 0.291 e. The van der Waals surface area contributed by atoms with Crippen molar-refractivity contribution in [3.8, 4) is 0 Å². The first-order chi connectivity index (χ1) is 12.0. The second kappa shape index (κ2) is 7.74. The summed E-state index contributed by atoms with van der Waals surface area (Å²) < 4.78 is 27.8. The fraction of sp³-hybridized carbons (Fsp3) is 0.444. The van der Waals surface area contributed by atoms with Crippen LogP contribution in [0, 0.1) is 18.6 Å². The van der Waals surface area contributed by atoms with Gasteiger partial charge in [-0.3, -0.25) is 15.2 Å². The van der Waals surface area contributed by atoms with Crippen molar-refractivity contribution in [1.82, 2.24) is 15.0 Å². The van der Waals surface area contributed by atoms with Crippen molar-refractivity contribution < 1.29 is 8.78 Å². The Morgan fingerprint density at radius 1 is 1.16 bits per heavy atom. The molecule has 1 aliphatic rings. The Bertz CT molecular complexity index is 778.